The van der Waals surface area contributed by atoms with Crippen LogP contribution in [0.25, 0.3) is 0 Å². The lowest BCUT2D eigenvalue weighted by Gasteiger charge is -2.14. The Bertz CT molecular complexity index is 952. The summed E-state index contributed by atoms with van der Waals surface area (Å²) in [4.78, 5) is 41.2. The smallest absolute Gasteiger partial charge is 0.261 e. The van der Waals surface area contributed by atoms with Crippen LogP contribution in [0, 0.1) is 5.82 Å². The summed E-state index contributed by atoms with van der Waals surface area (Å²) < 4.78 is 13.1. The van der Waals surface area contributed by atoms with Gasteiger partial charge in [-0.2, -0.15) is 0 Å². The van der Waals surface area contributed by atoms with E-state index in [2.05, 4.69) is 10.2 Å². The molecule has 7 heteroatoms. The summed E-state index contributed by atoms with van der Waals surface area (Å²) in [6.07, 6.45) is 2.40. The largest absolute Gasteiger partial charge is 0.351 e. The first-order chi connectivity index (χ1) is 14.0. The number of imide groups is 1. The Morgan fingerprint density at radius 1 is 0.966 bits per heavy atom. The van der Waals surface area contributed by atoms with E-state index in [0.29, 0.717) is 17.7 Å². The van der Waals surface area contributed by atoms with Gasteiger partial charge in [0.15, 0.2) is 0 Å². The Labute approximate surface area is 168 Å². The fourth-order valence-corrected chi connectivity index (χ4v) is 3.78. The van der Waals surface area contributed by atoms with Crippen LogP contribution in [0.15, 0.2) is 42.5 Å². The van der Waals surface area contributed by atoms with E-state index < -0.39 is 11.8 Å². The average Bonchev–Trinajstić information content (AvgIpc) is 3.32. The standard InChI is InChI=1S/C22H22FN3O3/c23-17-6-3-15(4-7-17)14-26-21(28)18-8-5-16(13-19(18)22(26)29)20(27)24-9-12-25-10-1-2-11-25/h3-8,13H,1-2,9-12,14H2,(H,24,27). The van der Waals surface area contributed by atoms with Gasteiger partial charge in [0, 0.05) is 18.7 Å². The lowest BCUT2D eigenvalue weighted by Crippen LogP contribution is -2.33. The van der Waals surface area contributed by atoms with Gasteiger partial charge in [-0.15, -0.1) is 0 Å². The second-order valence-corrected chi connectivity index (χ2v) is 7.39. The van der Waals surface area contributed by atoms with Gasteiger partial charge in [-0.05, 0) is 61.8 Å². The molecule has 1 saturated heterocycles. The number of amides is 3. The first kappa shape index (κ1) is 19.3. The molecule has 2 heterocycles. The third kappa shape index (κ3) is 4.05. The van der Waals surface area contributed by atoms with Crippen LogP contribution < -0.4 is 5.32 Å². The van der Waals surface area contributed by atoms with E-state index in [1.54, 1.807) is 6.07 Å². The second-order valence-electron chi connectivity index (χ2n) is 7.39. The van der Waals surface area contributed by atoms with Gasteiger partial charge < -0.3 is 10.2 Å². The lowest BCUT2D eigenvalue weighted by atomic mass is 10.1. The Morgan fingerprint density at radius 3 is 2.38 bits per heavy atom. The maximum absolute atomic E-state index is 13.1. The molecule has 2 aromatic rings. The molecule has 0 spiro atoms. The molecule has 0 radical (unpaired) electrons. The number of benzene rings is 2. The van der Waals surface area contributed by atoms with Gasteiger partial charge in [-0.3, -0.25) is 19.3 Å². The van der Waals surface area contributed by atoms with Crippen LogP contribution in [0.4, 0.5) is 4.39 Å². The minimum Gasteiger partial charge on any atom is -0.351 e. The zero-order valence-electron chi connectivity index (χ0n) is 16.0. The summed E-state index contributed by atoms with van der Waals surface area (Å²) in [6, 6.07) is 10.2. The third-order valence-electron chi connectivity index (χ3n) is 5.40. The Morgan fingerprint density at radius 2 is 1.66 bits per heavy atom. The van der Waals surface area contributed by atoms with Crippen LogP contribution >= 0.6 is 0 Å². The summed E-state index contributed by atoms with van der Waals surface area (Å²) >= 11 is 0. The minimum absolute atomic E-state index is 0.0595. The van der Waals surface area contributed by atoms with E-state index in [-0.39, 0.29) is 29.4 Å². The number of hydrogen-bond donors (Lipinski definition) is 1. The van der Waals surface area contributed by atoms with Gasteiger partial charge in [0.1, 0.15) is 5.82 Å². The van der Waals surface area contributed by atoms with Crippen molar-refractivity contribution >= 4 is 17.7 Å². The molecule has 0 bridgehead atoms. The van der Waals surface area contributed by atoms with Crippen LogP contribution in [0.2, 0.25) is 0 Å². The molecule has 4 rings (SSSR count). The van der Waals surface area contributed by atoms with Crippen molar-refractivity contribution in [3.63, 3.8) is 0 Å². The van der Waals surface area contributed by atoms with Gasteiger partial charge in [0.05, 0.1) is 17.7 Å². The zero-order chi connectivity index (χ0) is 20.4. The molecule has 0 aliphatic carbocycles. The monoisotopic (exact) mass is 395 g/mol. The van der Waals surface area contributed by atoms with E-state index in [0.717, 1.165) is 24.5 Å². The molecule has 0 saturated carbocycles. The number of likely N-dealkylation sites (tertiary alicyclic amines) is 1. The normalized spacial score (nSPS) is 16.4. The molecule has 150 valence electrons. The van der Waals surface area contributed by atoms with E-state index >= 15 is 0 Å². The van der Waals surface area contributed by atoms with Crippen LogP contribution in [0.1, 0.15) is 49.5 Å². The number of hydrogen-bond acceptors (Lipinski definition) is 4. The lowest BCUT2D eigenvalue weighted by molar-refractivity contribution is 0.0642. The van der Waals surface area contributed by atoms with Crippen molar-refractivity contribution in [1.29, 1.82) is 0 Å². The van der Waals surface area contributed by atoms with E-state index in [1.807, 2.05) is 0 Å². The van der Waals surface area contributed by atoms with Gasteiger partial charge >= 0.3 is 0 Å². The highest BCUT2D eigenvalue weighted by Gasteiger charge is 2.36. The number of nitrogens with one attached hydrogen (secondary N) is 1. The SMILES string of the molecule is O=C(NCCN1CCCC1)c1ccc2c(c1)C(=O)N(Cc1ccc(F)cc1)C2=O. The fourth-order valence-electron chi connectivity index (χ4n) is 3.78. The topological polar surface area (TPSA) is 69.7 Å². The van der Waals surface area contributed by atoms with Gasteiger partial charge in [0.25, 0.3) is 17.7 Å². The Balaban J connectivity index is 1.43. The number of fused-ring (bicyclic) bond motifs is 1. The molecule has 2 aliphatic rings. The fraction of sp³-hybridized carbons (Fsp3) is 0.318. The van der Waals surface area contributed by atoms with Crippen molar-refractivity contribution in [1.82, 2.24) is 15.1 Å². The number of carbonyl (C=O) groups excluding carboxylic acids is 3. The molecular formula is C22H22FN3O3. The quantitative estimate of drug-likeness (QED) is 0.763. The van der Waals surface area contributed by atoms with Crippen molar-refractivity contribution in [3.05, 3.63) is 70.5 Å². The maximum Gasteiger partial charge on any atom is 0.261 e. The predicted molar refractivity (Wildman–Crippen MR) is 105 cm³/mol. The molecular weight excluding hydrogens is 373 g/mol. The molecule has 0 aromatic heterocycles. The van der Waals surface area contributed by atoms with Crippen LogP contribution in [-0.2, 0) is 6.54 Å². The molecule has 29 heavy (non-hydrogen) atoms. The Hall–Kier alpha value is -3.06. The predicted octanol–water partition coefficient (Wildman–Crippen LogP) is 2.45. The van der Waals surface area contributed by atoms with Crippen molar-refractivity contribution in [3.8, 4) is 0 Å². The van der Waals surface area contributed by atoms with E-state index in [4.69, 9.17) is 0 Å². The molecule has 3 amide bonds. The zero-order valence-corrected chi connectivity index (χ0v) is 16.0. The first-order valence-corrected chi connectivity index (χ1v) is 9.78. The maximum atomic E-state index is 13.1. The third-order valence-corrected chi connectivity index (χ3v) is 5.40. The van der Waals surface area contributed by atoms with Gasteiger partial charge in [-0.1, -0.05) is 12.1 Å². The highest BCUT2D eigenvalue weighted by atomic mass is 19.1. The molecule has 1 N–H and O–H groups in total. The van der Waals surface area contributed by atoms with E-state index in [1.165, 1.54) is 49.2 Å². The van der Waals surface area contributed by atoms with Crippen LogP contribution in [-0.4, -0.2) is 53.7 Å². The second kappa shape index (κ2) is 8.13. The number of rotatable bonds is 6. The Kier molecular flexibility index (Phi) is 5.40. The number of carbonyl (C=O) groups is 3. The summed E-state index contributed by atoms with van der Waals surface area (Å²) in [6.45, 7) is 3.54. The van der Waals surface area contributed by atoms with Crippen molar-refractivity contribution in [2.75, 3.05) is 26.2 Å². The van der Waals surface area contributed by atoms with Gasteiger partial charge in [-0.25, -0.2) is 4.39 Å². The molecule has 1 fully saturated rings. The summed E-state index contributed by atoms with van der Waals surface area (Å²) in [5, 5.41) is 2.87. The molecule has 2 aromatic carbocycles. The summed E-state index contributed by atoms with van der Waals surface area (Å²) in [5.41, 5.74) is 1.52. The van der Waals surface area contributed by atoms with Gasteiger partial charge in [0.2, 0.25) is 0 Å². The van der Waals surface area contributed by atoms with E-state index in [9.17, 15) is 18.8 Å². The number of halogens is 1. The molecule has 6 nitrogen and oxygen atoms in total. The van der Waals surface area contributed by atoms with Crippen molar-refractivity contribution in [2.24, 2.45) is 0 Å². The summed E-state index contributed by atoms with van der Waals surface area (Å²) in [7, 11) is 0. The molecule has 2 aliphatic heterocycles. The van der Waals surface area contributed by atoms with Crippen molar-refractivity contribution in [2.45, 2.75) is 19.4 Å². The van der Waals surface area contributed by atoms with Crippen molar-refractivity contribution < 1.29 is 18.8 Å². The van der Waals surface area contributed by atoms with Crippen LogP contribution in [0.3, 0.4) is 0 Å². The minimum atomic E-state index is -0.443. The summed E-state index contributed by atoms with van der Waals surface area (Å²) in [5.74, 6) is -1.49. The number of nitrogens with zero attached hydrogens (tertiary/aromatic N) is 2. The average molecular weight is 395 g/mol. The molecule has 0 atom stereocenters. The first-order valence-electron chi connectivity index (χ1n) is 9.78. The highest BCUT2D eigenvalue weighted by molar-refractivity contribution is 6.22. The highest BCUT2D eigenvalue weighted by Crippen LogP contribution is 2.25. The van der Waals surface area contributed by atoms with Crippen LogP contribution in [0.5, 0.6) is 0 Å². The molecule has 0 unspecified atom stereocenters.